The number of hydrogen-bond acceptors (Lipinski definition) is 4. The van der Waals surface area contributed by atoms with Crippen LogP contribution in [0.1, 0.15) is 17.5 Å². The van der Waals surface area contributed by atoms with Crippen molar-refractivity contribution in [3.05, 3.63) is 23.3 Å². The maximum Gasteiger partial charge on any atom is 0.241 e. The molecule has 1 aromatic rings. The van der Waals surface area contributed by atoms with E-state index in [1.165, 1.54) is 0 Å². The van der Waals surface area contributed by atoms with Crippen LogP contribution in [-0.4, -0.2) is 35.8 Å². The van der Waals surface area contributed by atoms with E-state index in [1.807, 2.05) is 0 Å². The van der Waals surface area contributed by atoms with Gasteiger partial charge in [-0.25, -0.2) is 13.1 Å². The number of rotatable bonds is 7. The van der Waals surface area contributed by atoms with E-state index < -0.39 is 10.0 Å². The SMILES string of the molecule is COCCCNS(=O)(=O)c1c(C)cc(OC)cc1C. The molecule has 1 rings (SSSR count). The zero-order valence-corrected chi connectivity index (χ0v) is 12.6. The van der Waals surface area contributed by atoms with Crippen LogP contribution in [-0.2, 0) is 14.8 Å². The first-order valence-electron chi connectivity index (χ1n) is 6.06. The van der Waals surface area contributed by atoms with Gasteiger partial charge in [0.15, 0.2) is 0 Å². The van der Waals surface area contributed by atoms with Crippen molar-refractivity contribution in [1.82, 2.24) is 4.72 Å². The molecule has 0 heterocycles. The molecule has 1 N–H and O–H groups in total. The predicted octanol–water partition coefficient (Wildman–Crippen LogP) is 1.63. The van der Waals surface area contributed by atoms with Crippen molar-refractivity contribution in [2.45, 2.75) is 25.2 Å². The largest absolute Gasteiger partial charge is 0.497 e. The van der Waals surface area contributed by atoms with Crippen LogP contribution in [0.3, 0.4) is 0 Å². The number of benzene rings is 1. The average Bonchev–Trinajstić information content (AvgIpc) is 2.33. The lowest BCUT2D eigenvalue weighted by Gasteiger charge is -2.13. The Bertz CT molecular complexity index is 502. The van der Waals surface area contributed by atoms with Crippen LogP contribution in [0.5, 0.6) is 5.75 Å². The number of hydrogen-bond donors (Lipinski definition) is 1. The van der Waals surface area contributed by atoms with Crippen LogP contribution in [0.15, 0.2) is 17.0 Å². The van der Waals surface area contributed by atoms with E-state index in [0.29, 0.717) is 41.3 Å². The highest BCUT2D eigenvalue weighted by atomic mass is 32.2. The molecule has 0 aliphatic rings. The minimum absolute atomic E-state index is 0.325. The fourth-order valence-electron chi connectivity index (χ4n) is 1.95. The zero-order chi connectivity index (χ0) is 14.5. The maximum absolute atomic E-state index is 12.2. The van der Waals surface area contributed by atoms with E-state index in [-0.39, 0.29) is 0 Å². The van der Waals surface area contributed by atoms with Gasteiger partial charge in [0.2, 0.25) is 10.0 Å². The summed E-state index contributed by atoms with van der Waals surface area (Å²) in [6, 6.07) is 3.44. The van der Waals surface area contributed by atoms with Crippen LogP contribution >= 0.6 is 0 Å². The summed E-state index contributed by atoms with van der Waals surface area (Å²) in [5.41, 5.74) is 1.35. The van der Waals surface area contributed by atoms with E-state index in [0.717, 1.165) is 0 Å². The molecule has 0 atom stereocenters. The van der Waals surface area contributed by atoms with Gasteiger partial charge in [0, 0.05) is 20.3 Å². The van der Waals surface area contributed by atoms with Crippen molar-refractivity contribution < 1.29 is 17.9 Å². The Balaban J connectivity index is 2.95. The molecule has 0 fully saturated rings. The third kappa shape index (κ3) is 4.19. The molecule has 0 radical (unpaired) electrons. The van der Waals surface area contributed by atoms with Crippen LogP contribution < -0.4 is 9.46 Å². The zero-order valence-electron chi connectivity index (χ0n) is 11.8. The molecule has 0 saturated carbocycles. The first kappa shape index (κ1) is 15.9. The number of nitrogens with one attached hydrogen (secondary N) is 1. The third-order valence-corrected chi connectivity index (χ3v) is 4.52. The van der Waals surface area contributed by atoms with Gasteiger partial charge in [-0.05, 0) is 43.5 Å². The Morgan fingerprint density at radius 3 is 2.21 bits per heavy atom. The molecule has 0 bridgehead atoms. The lowest BCUT2D eigenvalue weighted by Crippen LogP contribution is -2.27. The van der Waals surface area contributed by atoms with Crippen molar-refractivity contribution in [2.24, 2.45) is 0 Å². The highest BCUT2D eigenvalue weighted by Gasteiger charge is 2.19. The molecule has 0 unspecified atom stereocenters. The summed E-state index contributed by atoms with van der Waals surface area (Å²) in [4.78, 5) is 0.325. The lowest BCUT2D eigenvalue weighted by atomic mass is 10.1. The van der Waals surface area contributed by atoms with Crippen LogP contribution in [0.25, 0.3) is 0 Å². The molecule has 0 aromatic heterocycles. The topological polar surface area (TPSA) is 64.6 Å². The predicted molar refractivity (Wildman–Crippen MR) is 74.1 cm³/mol. The highest BCUT2D eigenvalue weighted by molar-refractivity contribution is 7.89. The Morgan fingerprint density at radius 2 is 1.74 bits per heavy atom. The third-order valence-electron chi connectivity index (χ3n) is 2.76. The molecule has 108 valence electrons. The Morgan fingerprint density at radius 1 is 1.16 bits per heavy atom. The van der Waals surface area contributed by atoms with Crippen LogP contribution in [0.4, 0.5) is 0 Å². The summed E-state index contributed by atoms with van der Waals surface area (Å²) in [6.07, 6.45) is 0.643. The molecule has 0 aliphatic heterocycles. The van der Waals surface area contributed by atoms with Gasteiger partial charge in [0.05, 0.1) is 12.0 Å². The maximum atomic E-state index is 12.2. The Labute approximate surface area is 115 Å². The molecule has 5 nitrogen and oxygen atoms in total. The van der Waals surface area contributed by atoms with E-state index in [4.69, 9.17) is 9.47 Å². The minimum Gasteiger partial charge on any atom is -0.497 e. The first-order valence-corrected chi connectivity index (χ1v) is 7.54. The monoisotopic (exact) mass is 287 g/mol. The second-order valence-corrected chi connectivity index (χ2v) is 6.04. The van der Waals surface area contributed by atoms with E-state index in [2.05, 4.69) is 4.72 Å². The summed E-state index contributed by atoms with van der Waals surface area (Å²) in [7, 11) is -0.338. The van der Waals surface area contributed by atoms with Crippen molar-refractivity contribution in [3.8, 4) is 5.75 Å². The second-order valence-electron chi connectivity index (χ2n) is 4.33. The van der Waals surface area contributed by atoms with Gasteiger partial charge in [-0.1, -0.05) is 0 Å². The molecule has 0 saturated heterocycles. The van der Waals surface area contributed by atoms with Gasteiger partial charge in [-0.15, -0.1) is 0 Å². The molecule has 6 heteroatoms. The van der Waals surface area contributed by atoms with Gasteiger partial charge in [0.1, 0.15) is 5.75 Å². The first-order chi connectivity index (χ1) is 8.92. The molecule has 19 heavy (non-hydrogen) atoms. The number of ether oxygens (including phenoxy) is 2. The lowest BCUT2D eigenvalue weighted by molar-refractivity contribution is 0.196. The fraction of sp³-hybridized carbons (Fsp3) is 0.538. The van der Waals surface area contributed by atoms with Crippen LogP contribution in [0, 0.1) is 13.8 Å². The van der Waals surface area contributed by atoms with Crippen LogP contribution in [0.2, 0.25) is 0 Å². The smallest absolute Gasteiger partial charge is 0.241 e. The fourth-order valence-corrected chi connectivity index (χ4v) is 3.47. The summed E-state index contributed by atoms with van der Waals surface area (Å²) in [5.74, 6) is 0.660. The number of aryl methyl sites for hydroxylation is 2. The van der Waals surface area contributed by atoms with Crippen molar-refractivity contribution >= 4 is 10.0 Å². The van der Waals surface area contributed by atoms with E-state index in [1.54, 1.807) is 40.2 Å². The summed E-state index contributed by atoms with van der Waals surface area (Å²) in [6.45, 7) is 4.42. The second kappa shape index (κ2) is 6.88. The van der Waals surface area contributed by atoms with Gasteiger partial charge >= 0.3 is 0 Å². The highest BCUT2D eigenvalue weighted by Crippen LogP contribution is 2.25. The average molecular weight is 287 g/mol. The Hall–Kier alpha value is -1.11. The van der Waals surface area contributed by atoms with Crippen molar-refractivity contribution in [3.63, 3.8) is 0 Å². The standard InChI is InChI=1S/C13H21NO4S/c1-10-8-12(18-4)9-11(2)13(10)19(15,16)14-6-5-7-17-3/h8-9,14H,5-7H2,1-4H3. The van der Waals surface area contributed by atoms with Crippen molar-refractivity contribution in [2.75, 3.05) is 27.4 Å². The summed E-state index contributed by atoms with van der Waals surface area (Å²) in [5, 5.41) is 0. The molecule has 0 aliphatic carbocycles. The summed E-state index contributed by atoms with van der Waals surface area (Å²) < 4.78 is 37.1. The normalized spacial score (nSPS) is 11.6. The molecule has 0 amide bonds. The molecular weight excluding hydrogens is 266 g/mol. The number of methoxy groups -OCH3 is 2. The van der Waals surface area contributed by atoms with E-state index in [9.17, 15) is 8.42 Å². The number of sulfonamides is 1. The van der Waals surface area contributed by atoms with Crippen molar-refractivity contribution in [1.29, 1.82) is 0 Å². The van der Waals surface area contributed by atoms with Gasteiger partial charge in [0.25, 0.3) is 0 Å². The van der Waals surface area contributed by atoms with Gasteiger partial charge in [-0.3, -0.25) is 0 Å². The van der Waals surface area contributed by atoms with Gasteiger partial charge in [-0.2, -0.15) is 0 Å². The minimum atomic E-state index is -3.49. The molecule has 0 spiro atoms. The van der Waals surface area contributed by atoms with Gasteiger partial charge < -0.3 is 9.47 Å². The molecular formula is C13H21NO4S. The summed E-state index contributed by atoms with van der Waals surface area (Å²) >= 11 is 0. The van der Waals surface area contributed by atoms with E-state index >= 15 is 0 Å². The Kier molecular flexibility index (Phi) is 5.78. The quantitative estimate of drug-likeness (QED) is 0.774. The molecule has 1 aromatic carbocycles.